The van der Waals surface area contributed by atoms with Gasteiger partial charge in [0, 0.05) is 36.3 Å². The van der Waals surface area contributed by atoms with Crippen molar-refractivity contribution in [3.8, 4) is 0 Å². The molecule has 2 aromatic rings. The maximum Gasteiger partial charge on any atom is 0.254 e. The van der Waals surface area contributed by atoms with Crippen LogP contribution in [0.25, 0.3) is 0 Å². The zero-order valence-electron chi connectivity index (χ0n) is 12.6. The Labute approximate surface area is 133 Å². The maximum absolute atomic E-state index is 13.9. The Balaban J connectivity index is 1.81. The molecule has 1 aliphatic rings. The summed E-state index contributed by atoms with van der Waals surface area (Å²) < 4.78 is 26.9. The van der Waals surface area contributed by atoms with Crippen molar-refractivity contribution < 1.29 is 13.6 Å². The molecule has 120 valence electrons. The zero-order valence-corrected chi connectivity index (χ0v) is 12.6. The van der Waals surface area contributed by atoms with Crippen molar-refractivity contribution in [1.82, 2.24) is 4.90 Å². The van der Waals surface area contributed by atoms with Gasteiger partial charge in [0.1, 0.15) is 11.6 Å². The topological polar surface area (TPSA) is 46.3 Å². The minimum absolute atomic E-state index is 0.126. The van der Waals surface area contributed by atoms with Gasteiger partial charge < -0.3 is 10.6 Å². The van der Waals surface area contributed by atoms with Crippen molar-refractivity contribution in [2.45, 2.75) is 32.0 Å². The van der Waals surface area contributed by atoms with Crippen LogP contribution in [0.15, 0.2) is 42.5 Å². The molecule has 0 saturated heterocycles. The molecule has 1 fully saturated rings. The van der Waals surface area contributed by atoms with Crippen LogP contribution in [0.1, 0.15) is 34.3 Å². The lowest BCUT2D eigenvalue weighted by molar-refractivity contribution is 0.0728. The smallest absolute Gasteiger partial charge is 0.254 e. The first-order valence-corrected chi connectivity index (χ1v) is 7.62. The lowest BCUT2D eigenvalue weighted by Crippen LogP contribution is -2.33. The number of nitrogens with zero attached hydrogens (tertiary/aromatic N) is 1. The van der Waals surface area contributed by atoms with E-state index in [1.54, 1.807) is 17.0 Å². The Morgan fingerprint density at radius 1 is 1.13 bits per heavy atom. The van der Waals surface area contributed by atoms with Gasteiger partial charge in [-0.2, -0.15) is 0 Å². The molecule has 1 saturated carbocycles. The third kappa shape index (κ3) is 3.56. The van der Waals surface area contributed by atoms with Crippen molar-refractivity contribution in [3.05, 3.63) is 70.8 Å². The predicted molar refractivity (Wildman–Crippen MR) is 83.6 cm³/mol. The summed E-state index contributed by atoms with van der Waals surface area (Å²) >= 11 is 0. The Morgan fingerprint density at radius 3 is 2.39 bits per heavy atom. The standard InChI is InChI=1S/C18H18F2N2O/c19-15-6-5-14(17(20)9-15)11-22(16-7-8-16)18(23)13-3-1-12(10-21)2-4-13/h1-6,9,16H,7-8,10-11,21H2. The predicted octanol–water partition coefficient (Wildman–Crippen LogP) is 3.23. The summed E-state index contributed by atoms with van der Waals surface area (Å²) in [6, 6.07) is 10.7. The van der Waals surface area contributed by atoms with E-state index in [1.165, 1.54) is 12.1 Å². The fourth-order valence-electron chi connectivity index (χ4n) is 2.54. The summed E-state index contributed by atoms with van der Waals surface area (Å²) in [5.74, 6) is -1.38. The lowest BCUT2D eigenvalue weighted by atomic mass is 10.1. The van der Waals surface area contributed by atoms with E-state index >= 15 is 0 Å². The average molecular weight is 316 g/mol. The van der Waals surface area contributed by atoms with Crippen molar-refractivity contribution >= 4 is 5.91 Å². The second kappa shape index (κ2) is 6.46. The fourth-order valence-corrected chi connectivity index (χ4v) is 2.54. The molecule has 0 aromatic heterocycles. The van der Waals surface area contributed by atoms with Gasteiger partial charge in [-0.1, -0.05) is 18.2 Å². The van der Waals surface area contributed by atoms with Crippen LogP contribution < -0.4 is 5.73 Å². The van der Waals surface area contributed by atoms with Gasteiger partial charge in [-0.05, 0) is 36.6 Å². The molecule has 5 heteroatoms. The highest BCUT2D eigenvalue weighted by molar-refractivity contribution is 5.94. The van der Waals surface area contributed by atoms with Crippen LogP contribution in [0.3, 0.4) is 0 Å². The highest BCUT2D eigenvalue weighted by Crippen LogP contribution is 2.30. The monoisotopic (exact) mass is 316 g/mol. The SMILES string of the molecule is NCc1ccc(C(=O)N(Cc2ccc(F)cc2F)C2CC2)cc1. The van der Waals surface area contributed by atoms with Crippen LogP contribution in [-0.4, -0.2) is 16.8 Å². The van der Waals surface area contributed by atoms with Crippen LogP contribution in [0.5, 0.6) is 0 Å². The van der Waals surface area contributed by atoms with E-state index in [4.69, 9.17) is 5.73 Å². The number of hydrogen-bond acceptors (Lipinski definition) is 2. The number of carbonyl (C=O) groups is 1. The van der Waals surface area contributed by atoms with Crippen LogP contribution in [0.4, 0.5) is 8.78 Å². The zero-order chi connectivity index (χ0) is 16.4. The molecule has 0 unspecified atom stereocenters. The molecule has 3 rings (SSSR count). The van der Waals surface area contributed by atoms with Crippen LogP contribution in [0, 0.1) is 11.6 Å². The van der Waals surface area contributed by atoms with Crippen molar-refractivity contribution in [2.24, 2.45) is 5.73 Å². The van der Waals surface area contributed by atoms with Crippen LogP contribution in [-0.2, 0) is 13.1 Å². The molecule has 1 amide bonds. The molecule has 23 heavy (non-hydrogen) atoms. The molecule has 0 heterocycles. The number of amides is 1. The Bertz CT molecular complexity index is 711. The normalized spacial score (nSPS) is 13.9. The van der Waals surface area contributed by atoms with Gasteiger partial charge in [0.2, 0.25) is 0 Å². The number of halogens is 2. The quantitative estimate of drug-likeness (QED) is 0.920. The second-order valence-corrected chi connectivity index (χ2v) is 5.80. The highest BCUT2D eigenvalue weighted by atomic mass is 19.1. The molecular weight excluding hydrogens is 298 g/mol. The molecular formula is C18H18F2N2O. The molecule has 0 aliphatic heterocycles. The summed E-state index contributed by atoms with van der Waals surface area (Å²) in [4.78, 5) is 14.4. The first-order chi connectivity index (χ1) is 11.1. The third-order valence-electron chi connectivity index (χ3n) is 4.04. The van der Waals surface area contributed by atoms with Crippen molar-refractivity contribution in [2.75, 3.05) is 0 Å². The van der Waals surface area contributed by atoms with Gasteiger partial charge in [-0.15, -0.1) is 0 Å². The molecule has 0 radical (unpaired) electrons. The van der Waals surface area contributed by atoms with Gasteiger partial charge in [0.15, 0.2) is 0 Å². The summed E-state index contributed by atoms with van der Waals surface area (Å²) in [5.41, 5.74) is 7.38. The van der Waals surface area contributed by atoms with E-state index in [1.807, 2.05) is 12.1 Å². The number of rotatable bonds is 5. The number of nitrogens with two attached hydrogens (primary N) is 1. The van der Waals surface area contributed by atoms with Crippen LogP contribution >= 0.6 is 0 Å². The Morgan fingerprint density at radius 2 is 1.83 bits per heavy atom. The summed E-state index contributed by atoms with van der Waals surface area (Å²) in [5, 5.41) is 0. The largest absolute Gasteiger partial charge is 0.331 e. The highest BCUT2D eigenvalue weighted by Gasteiger charge is 2.33. The van der Waals surface area contributed by atoms with Gasteiger partial charge >= 0.3 is 0 Å². The second-order valence-electron chi connectivity index (χ2n) is 5.80. The van der Waals surface area contributed by atoms with E-state index in [9.17, 15) is 13.6 Å². The molecule has 0 bridgehead atoms. The van der Waals surface area contributed by atoms with E-state index in [0.717, 1.165) is 24.5 Å². The van der Waals surface area contributed by atoms with E-state index in [2.05, 4.69) is 0 Å². The van der Waals surface area contributed by atoms with Crippen LogP contribution in [0.2, 0.25) is 0 Å². The molecule has 2 N–H and O–H groups in total. The number of carbonyl (C=O) groups excluding carboxylic acids is 1. The van der Waals surface area contributed by atoms with Gasteiger partial charge in [0.05, 0.1) is 0 Å². The van der Waals surface area contributed by atoms with Crippen molar-refractivity contribution in [1.29, 1.82) is 0 Å². The van der Waals surface area contributed by atoms with Crippen molar-refractivity contribution in [3.63, 3.8) is 0 Å². The van der Waals surface area contributed by atoms with Gasteiger partial charge in [-0.25, -0.2) is 8.78 Å². The van der Waals surface area contributed by atoms with Gasteiger partial charge in [-0.3, -0.25) is 4.79 Å². The Kier molecular flexibility index (Phi) is 4.39. The molecule has 1 aliphatic carbocycles. The van der Waals surface area contributed by atoms with E-state index < -0.39 is 11.6 Å². The fraction of sp³-hybridized carbons (Fsp3) is 0.278. The van der Waals surface area contributed by atoms with E-state index in [-0.39, 0.29) is 18.5 Å². The molecule has 0 spiro atoms. The first-order valence-electron chi connectivity index (χ1n) is 7.62. The lowest BCUT2D eigenvalue weighted by Gasteiger charge is -2.23. The number of benzene rings is 2. The number of hydrogen-bond donors (Lipinski definition) is 1. The minimum Gasteiger partial charge on any atom is -0.331 e. The average Bonchev–Trinajstić information content (AvgIpc) is 3.38. The Hall–Kier alpha value is -2.27. The third-order valence-corrected chi connectivity index (χ3v) is 4.04. The molecule has 3 nitrogen and oxygen atoms in total. The molecule has 0 atom stereocenters. The van der Waals surface area contributed by atoms with Gasteiger partial charge in [0.25, 0.3) is 5.91 Å². The first kappa shape index (κ1) is 15.6. The van der Waals surface area contributed by atoms with E-state index in [0.29, 0.717) is 17.7 Å². The minimum atomic E-state index is -0.623. The maximum atomic E-state index is 13.9. The summed E-state index contributed by atoms with van der Waals surface area (Å²) in [6.45, 7) is 0.565. The summed E-state index contributed by atoms with van der Waals surface area (Å²) in [6.07, 6.45) is 1.82. The molecule has 2 aromatic carbocycles. The summed E-state index contributed by atoms with van der Waals surface area (Å²) in [7, 11) is 0.